The quantitative estimate of drug-likeness (QED) is 0.619. The van der Waals surface area contributed by atoms with Crippen molar-refractivity contribution in [3.63, 3.8) is 0 Å². The minimum absolute atomic E-state index is 0.101. The molecule has 5 nitrogen and oxygen atoms in total. The molecule has 0 aliphatic heterocycles. The van der Waals surface area contributed by atoms with Crippen LogP contribution in [0.15, 0.2) is 64.0 Å². The summed E-state index contributed by atoms with van der Waals surface area (Å²) in [6, 6.07) is 16.6. The molecule has 0 bridgehead atoms. The van der Waals surface area contributed by atoms with Gasteiger partial charge in [-0.1, -0.05) is 46.3 Å². The minimum Gasteiger partial charge on any atom is -0.465 e. The lowest BCUT2D eigenvalue weighted by atomic mass is 9.79. The third-order valence-corrected chi connectivity index (χ3v) is 6.26. The second-order valence-corrected chi connectivity index (χ2v) is 8.65. The maximum Gasteiger partial charge on any atom is 0.331 e. The highest BCUT2D eigenvalue weighted by Crippen LogP contribution is 2.32. The fraction of sp³-hybridized carbons (Fsp3) is 0.263. The van der Waals surface area contributed by atoms with Crippen LogP contribution in [0.2, 0.25) is 0 Å². The summed E-state index contributed by atoms with van der Waals surface area (Å²) in [5.41, 5.74) is -1.27. The monoisotopic (exact) mass is 435 g/mol. The maximum absolute atomic E-state index is 12.6. The van der Waals surface area contributed by atoms with Crippen LogP contribution in [0.1, 0.15) is 18.9 Å². The Morgan fingerprint density at radius 3 is 2.31 bits per heavy atom. The number of esters is 1. The minimum atomic E-state index is -3.64. The molecule has 0 aliphatic rings. The fourth-order valence-corrected chi connectivity index (χ4v) is 4.20. The molecule has 0 radical (unpaired) electrons. The first-order valence-corrected chi connectivity index (χ1v) is 10.4. The number of hydrogen-bond acceptors (Lipinski definition) is 5. The van der Waals surface area contributed by atoms with Crippen LogP contribution in [-0.4, -0.2) is 26.7 Å². The predicted octanol–water partition coefficient (Wildman–Crippen LogP) is 3.64. The number of ether oxygens (including phenoxy) is 1. The van der Waals surface area contributed by atoms with E-state index in [4.69, 9.17) is 4.74 Å². The van der Waals surface area contributed by atoms with Crippen molar-refractivity contribution in [2.75, 3.05) is 12.4 Å². The molecule has 0 heterocycles. The van der Waals surface area contributed by atoms with Gasteiger partial charge in [0.05, 0.1) is 23.3 Å². The van der Waals surface area contributed by atoms with Crippen molar-refractivity contribution >= 4 is 31.7 Å². The van der Waals surface area contributed by atoms with Gasteiger partial charge >= 0.3 is 5.97 Å². The van der Waals surface area contributed by atoms with Crippen LogP contribution in [0.4, 0.5) is 0 Å². The van der Waals surface area contributed by atoms with Gasteiger partial charge in [-0.15, -0.1) is 0 Å². The largest absolute Gasteiger partial charge is 0.465 e. The van der Waals surface area contributed by atoms with Gasteiger partial charge in [-0.05, 0) is 43.2 Å². The number of carbonyl (C=O) groups excluding carboxylic acids is 1. The van der Waals surface area contributed by atoms with Gasteiger partial charge in [-0.25, -0.2) is 13.2 Å². The molecule has 0 saturated carbocycles. The van der Waals surface area contributed by atoms with E-state index in [0.717, 1.165) is 4.47 Å². The summed E-state index contributed by atoms with van der Waals surface area (Å²) in [5.74, 6) is -1.09. The molecule has 26 heavy (non-hydrogen) atoms. The first-order valence-electron chi connectivity index (χ1n) is 7.98. The van der Waals surface area contributed by atoms with Crippen LogP contribution in [0, 0.1) is 11.3 Å². The standard InChI is InChI=1S/C19H18BrNO4S/c1-2-25-18(22)19(14-21,15-8-10-16(20)11-9-15)12-13-26(23,24)17-6-4-3-5-7-17/h3-11H,2,12-13H2,1H3/t19-/m1/s1. The van der Waals surface area contributed by atoms with Crippen LogP contribution in [0.5, 0.6) is 0 Å². The number of sulfone groups is 1. The zero-order chi connectivity index (χ0) is 19.2. The van der Waals surface area contributed by atoms with E-state index in [1.807, 2.05) is 6.07 Å². The Balaban J connectivity index is 2.40. The topological polar surface area (TPSA) is 84.2 Å². The third-order valence-electron chi connectivity index (χ3n) is 4.00. The molecule has 2 rings (SSSR count). The summed E-state index contributed by atoms with van der Waals surface area (Å²) >= 11 is 3.31. The van der Waals surface area contributed by atoms with E-state index in [2.05, 4.69) is 15.9 Å². The number of hydrogen-bond donors (Lipinski definition) is 0. The SMILES string of the molecule is CCOC(=O)[C@@](C#N)(CCS(=O)(=O)c1ccccc1)c1ccc(Br)cc1. The van der Waals surface area contributed by atoms with Crippen molar-refractivity contribution in [3.05, 3.63) is 64.6 Å². The number of nitrogens with zero attached hydrogens (tertiary/aromatic N) is 1. The van der Waals surface area contributed by atoms with E-state index in [0.29, 0.717) is 5.56 Å². The van der Waals surface area contributed by atoms with Crippen molar-refractivity contribution in [3.8, 4) is 6.07 Å². The normalized spacial score (nSPS) is 13.4. The van der Waals surface area contributed by atoms with Crippen LogP contribution in [-0.2, 0) is 24.8 Å². The summed E-state index contributed by atoms with van der Waals surface area (Å²) in [4.78, 5) is 12.7. The lowest BCUT2D eigenvalue weighted by Gasteiger charge is -2.25. The number of benzene rings is 2. The molecule has 0 spiro atoms. The van der Waals surface area contributed by atoms with E-state index < -0.39 is 21.2 Å². The van der Waals surface area contributed by atoms with E-state index in [1.54, 1.807) is 49.4 Å². The fourth-order valence-electron chi connectivity index (χ4n) is 2.55. The molecule has 0 fully saturated rings. The van der Waals surface area contributed by atoms with Crippen LogP contribution in [0.3, 0.4) is 0 Å². The van der Waals surface area contributed by atoms with Gasteiger partial charge in [0.2, 0.25) is 0 Å². The Morgan fingerprint density at radius 1 is 1.15 bits per heavy atom. The van der Waals surface area contributed by atoms with Gasteiger partial charge < -0.3 is 4.74 Å². The molecule has 2 aromatic rings. The van der Waals surface area contributed by atoms with E-state index in [1.165, 1.54) is 12.1 Å². The highest BCUT2D eigenvalue weighted by atomic mass is 79.9. The summed E-state index contributed by atoms with van der Waals surface area (Å²) in [6.07, 6.45) is -0.193. The lowest BCUT2D eigenvalue weighted by Crippen LogP contribution is -2.38. The summed E-state index contributed by atoms with van der Waals surface area (Å²) in [6.45, 7) is 1.74. The molecule has 2 aromatic carbocycles. The molecule has 0 saturated heterocycles. The van der Waals surface area contributed by atoms with Crippen molar-refractivity contribution in [1.82, 2.24) is 0 Å². The molecular formula is C19H18BrNO4S. The third kappa shape index (κ3) is 4.32. The zero-order valence-corrected chi connectivity index (χ0v) is 16.6. The van der Waals surface area contributed by atoms with Gasteiger partial charge in [-0.2, -0.15) is 5.26 Å². The average molecular weight is 436 g/mol. The maximum atomic E-state index is 12.6. The molecule has 0 amide bonds. The van der Waals surface area contributed by atoms with Gasteiger partial charge in [-0.3, -0.25) is 0 Å². The zero-order valence-electron chi connectivity index (χ0n) is 14.2. The molecular weight excluding hydrogens is 418 g/mol. The molecule has 1 atom stereocenters. The number of rotatable bonds is 7. The first kappa shape index (κ1) is 20.1. The van der Waals surface area contributed by atoms with Gasteiger partial charge in [0.25, 0.3) is 0 Å². The second kappa shape index (κ2) is 8.47. The first-order chi connectivity index (χ1) is 12.4. The Bertz CT molecular complexity index is 905. The van der Waals surface area contributed by atoms with Crippen LogP contribution in [0.25, 0.3) is 0 Å². The lowest BCUT2D eigenvalue weighted by molar-refractivity contribution is -0.147. The molecule has 0 aliphatic carbocycles. The van der Waals surface area contributed by atoms with Crippen molar-refractivity contribution < 1.29 is 17.9 Å². The smallest absolute Gasteiger partial charge is 0.331 e. The molecule has 0 N–H and O–H groups in total. The van der Waals surface area contributed by atoms with Gasteiger partial charge in [0.15, 0.2) is 15.3 Å². The highest BCUT2D eigenvalue weighted by molar-refractivity contribution is 9.10. The van der Waals surface area contributed by atoms with E-state index in [9.17, 15) is 18.5 Å². The van der Waals surface area contributed by atoms with E-state index >= 15 is 0 Å². The predicted molar refractivity (Wildman–Crippen MR) is 101 cm³/mol. The summed E-state index contributed by atoms with van der Waals surface area (Å²) in [7, 11) is -3.64. The summed E-state index contributed by atoms with van der Waals surface area (Å²) < 4.78 is 31.1. The van der Waals surface area contributed by atoms with Gasteiger partial charge in [0.1, 0.15) is 0 Å². The van der Waals surface area contributed by atoms with Crippen LogP contribution < -0.4 is 0 Å². The van der Waals surface area contributed by atoms with Crippen molar-refractivity contribution in [1.29, 1.82) is 5.26 Å². The highest BCUT2D eigenvalue weighted by Gasteiger charge is 2.43. The summed E-state index contributed by atoms with van der Waals surface area (Å²) in [5, 5.41) is 9.81. The molecule has 0 aromatic heterocycles. The molecule has 0 unspecified atom stereocenters. The molecule has 136 valence electrons. The van der Waals surface area contributed by atoms with Crippen LogP contribution >= 0.6 is 15.9 Å². The van der Waals surface area contributed by atoms with Gasteiger partial charge in [0, 0.05) is 4.47 Å². The molecule has 7 heteroatoms. The Hall–Kier alpha value is -2.17. The van der Waals surface area contributed by atoms with Crippen molar-refractivity contribution in [2.45, 2.75) is 23.7 Å². The Morgan fingerprint density at radius 2 is 1.77 bits per heavy atom. The number of halogens is 1. The average Bonchev–Trinajstić information content (AvgIpc) is 2.65. The Kier molecular flexibility index (Phi) is 6.57. The van der Waals surface area contributed by atoms with E-state index in [-0.39, 0.29) is 23.7 Å². The Labute approximate surface area is 161 Å². The number of carbonyl (C=O) groups is 1. The second-order valence-electron chi connectivity index (χ2n) is 5.63. The van der Waals surface area contributed by atoms with Crippen molar-refractivity contribution in [2.24, 2.45) is 0 Å². The number of nitriles is 1.